The zero-order chi connectivity index (χ0) is 8.10. The molecule has 1 heteroatoms. The van der Waals surface area contributed by atoms with Crippen molar-refractivity contribution in [1.29, 1.82) is 0 Å². The lowest BCUT2D eigenvalue weighted by Crippen LogP contribution is -2.22. The Morgan fingerprint density at radius 2 is 2.27 bits per heavy atom. The van der Waals surface area contributed by atoms with E-state index < -0.39 is 0 Å². The Morgan fingerprint density at radius 3 is 2.91 bits per heavy atom. The fourth-order valence-electron chi connectivity index (χ4n) is 1.73. The number of nitrogens with zero attached hydrogens (tertiary/aromatic N) is 1. The van der Waals surface area contributed by atoms with Crippen LogP contribution < -0.4 is 0 Å². The zero-order valence-electron chi connectivity index (χ0n) is 7.71. The van der Waals surface area contributed by atoms with Gasteiger partial charge in [-0.2, -0.15) is 0 Å². The molecule has 1 saturated heterocycles. The van der Waals surface area contributed by atoms with Gasteiger partial charge in [0.25, 0.3) is 0 Å². The van der Waals surface area contributed by atoms with Gasteiger partial charge in [0.15, 0.2) is 0 Å². The van der Waals surface area contributed by atoms with Gasteiger partial charge in [0.05, 0.1) is 0 Å². The van der Waals surface area contributed by atoms with Crippen LogP contribution in [0.1, 0.15) is 39.5 Å². The molecule has 0 radical (unpaired) electrons. The molecule has 0 aliphatic carbocycles. The fourth-order valence-corrected chi connectivity index (χ4v) is 1.73. The summed E-state index contributed by atoms with van der Waals surface area (Å²) in [6.45, 7) is 5.74. The average molecular weight is 153 g/mol. The predicted molar refractivity (Wildman–Crippen MR) is 49.5 cm³/mol. The number of hydrogen-bond donors (Lipinski definition) is 0. The number of rotatable bonds is 3. The van der Waals surface area contributed by atoms with E-state index in [1.54, 1.807) is 0 Å². The van der Waals surface area contributed by atoms with Crippen LogP contribution in [0.15, 0.2) is 12.3 Å². The lowest BCUT2D eigenvalue weighted by Gasteiger charge is -2.20. The maximum atomic E-state index is 2.49. The highest BCUT2D eigenvalue weighted by Crippen LogP contribution is 2.19. The Labute approximate surface area is 70.1 Å². The van der Waals surface area contributed by atoms with Gasteiger partial charge < -0.3 is 4.90 Å². The minimum Gasteiger partial charge on any atom is -0.375 e. The quantitative estimate of drug-likeness (QED) is 0.602. The smallest absolute Gasteiger partial charge is 0.0282 e. The van der Waals surface area contributed by atoms with Crippen molar-refractivity contribution in [2.45, 2.75) is 45.6 Å². The number of likely N-dealkylation sites (tertiary alicyclic amines) is 1. The summed E-state index contributed by atoms with van der Waals surface area (Å²) in [5.41, 5.74) is 0. The summed E-state index contributed by atoms with van der Waals surface area (Å²) in [6, 6.07) is 0.831. The van der Waals surface area contributed by atoms with Crippen LogP contribution in [0.5, 0.6) is 0 Å². The Bertz CT molecular complexity index is 129. The molecule has 11 heavy (non-hydrogen) atoms. The summed E-state index contributed by atoms with van der Waals surface area (Å²) in [7, 11) is 0. The second-order valence-electron chi connectivity index (χ2n) is 3.24. The maximum absolute atomic E-state index is 2.49. The van der Waals surface area contributed by atoms with E-state index >= 15 is 0 Å². The van der Waals surface area contributed by atoms with Crippen molar-refractivity contribution in [2.24, 2.45) is 0 Å². The van der Waals surface area contributed by atoms with E-state index in [1.165, 1.54) is 25.8 Å². The fraction of sp³-hybridized carbons (Fsp3) is 0.800. The van der Waals surface area contributed by atoms with Crippen LogP contribution in [0.3, 0.4) is 0 Å². The second-order valence-corrected chi connectivity index (χ2v) is 3.24. The van der Waals surface area contributed by atoms with Crippen LogP contribution in [0.2, 0.25) is 0 Å². The van der Waals surface area contributed by atoms with E-state index in [0.29, 0.717) is 0 Å². The van der Waals surface area contributed by atoms with Gasteiger partial charge in [-0.1, -0.05) is 19.9 Å². The van der Waals surface area contributed by atoms with Crippen LogP contribution in [0, 0.1) is 0 Å². The number of hydrogen-bond acceptors (Lipinski definition) is 1. The van der Waals surface area contributed by atoms with Crippen molar-refractivity contribution in [3.63, 3.8) is 0 Å². The van der Waals surface area contributed by atoms with Gasteiger partial charge in [0.1, 0.15) is 0 Å². The lowest BCUT2D eigenvalue weighted by atomic mass is 10.2. The Hall–Kier alpha value is -0.460. The van der Waals surface area contributed by atoms with E-state index in [0.717, 1.165) is 12.5 Å². The standard InChI is InChI=1S/C10H19N/c1-3-5-8-11-9-6-7-10(11)4-2/h5,8,10H,3-4,6-7,9H2,1-2H3. The summed E-state index contributed by atoms with van der Waals surface area (Å²) >= 11 is 0. The SMILES string of the molecule is CCC=CN1CCCC1CC. The average Bonchev–Trinajstić information content (AvgIpc) is 2.47. The minimum absolute atomic E-state index is 0.831. The monoisotopic (exact) mass is 153 g/mol. The summed E-state index contributed by atoms with van der Waals surface area (Å²) in [6.07, 6.45) is 9.77. The third-order valence-electron chi connectivity index (χ3n) is 2.43. The van der Waals surface area contributed by atoms with Gasteiger partial charge in [-0.3, -0.25) is 0 Å². The van der Waals surface area contributed by atoms with Gasteiger partial charge in [-0.15, -0.1) is 0 Å². The summed E-state index contributed by atoms with van der Waals surface area (Å²) in [5.74, 6) is 0. The first-order chi connectivity index (χ1) is 5.38. The molecular weight excluding hydrogens is 134 g/mol. The Morgan fingerprint density at radius 1 is 1.45 bits per heavy atom. The van der Waals surface area contributed by atoms with E-state index in [4.69, 9.17) is 0 Å². The Kier molecular flexibility index (Phi) is 3.47. The van der Waals surface area contributed by atoms with E-state index in [-0.39, 0.29) is 0 Å². The molecule has 1 nitrogen and oxygen atoms in total. The molecule has 0 aromatic rings. The molecule has 0 N–H and O–H groups in total. The van der Waals surface area contributed by atoms with Crippen LogP contribution in [0.25, 0.3) is 0 Å². The summed E-state index contributed by atoms with van der Waals surface area (Å²) in [4.78, 5) is 2.49. The molecule has 1 aliphatic rings. The first-order valence-corrected chi connectivity index (χ1v) is 4.80. The Balaban J connectivity index is 2.37. The second kappa shape index (κ2) is 4.42. The molecule has 1 aliphatic heterocycles. The zero-order valence-corrected chi connectivity index (χ0v) is 7.71. The molecule has 0 bridgehead atoms. The molecule has 0 saturated carbocycles. The van der Waals surface area contributed by atoms with E-state index in [2.05, 4.69) is 31.0 Å². The molecule has 1 heterocycles. The van der Waals surface area contributed by atoms with E-state index in [9.17, 15) is 0 Å². The molecular formula is C10H19N. The van der Waals surface area contributed by atoms with Crippen molar-refractivity contribution < 1.29 is 0 Å². The summed E-state index contributed by atoms with van der Waals surface area (Å²) in [5, 5.41) is 0. The van der Waals surface area contributed by atoms with Gasteiger partial charge in [0.2, 0.25) is 0 Å². The molecule has 64 valence electrons. The van der Waals surface area contributed by atoms with Gasteiger partial charge in [0, 0.05) is 12.6 Å². The largest absolute Gasteiger partial charge is 0.375 e. The van der Waals surface area contributed by atoms with Gasteiger partial charge in [-0.05, 0) is 31.9 Å². The topological polar surface area (TPSA) is 3.24 Å². The highest BCUT2D eigenvalue weighted by atomic mass is 15.2. The molecule has 0 spiro atoms. The molecule has 0 aromatic heterocycles. The van der Waals surface area contributed by atoms with Crippen LogP contribution in [-0.2, 0) is 0 Å². The molecule has 0 aromatic carbocycles. The highest BCUT2D eigenvalue weighted by molar-refractivity contribution is 4.89. The predicted octanol–water partition coefficient (Wildman–Crippen LogP) is 2.78. The molecule has 0 amide bonds. The first kappa shape index (κ1) is 8.63. The van der Waals surface area contributed by atoms with Crippen molar-refractivity contribution >= 4 is 0 Å². The molecule has 1 atom stereocenters. The van der Waals surface area contributed by atoms with E-state index in [1.807, 2.05) is 0 Å². The van der Waals surface area contributed by atoms with Crippen LogP contribution in [0.4, 0.5) is 0 Å². The van der Waals surface area contributed by atoms with Crippen LogP contribution in [-0.4, -0.2) is 17.5 Å². The molecule has 1 unspecified atom stereocenters. The summed E-state index contributed by atoms with van der Waals surface area (Å²) < 4.78 is 0. The van der Waals surface area contributed by atoms with Crippen molar-refractivity contribution in [3.05, 3.63) is 12.3 Å². The number of allylic oxidation sites excluding steroid dienone is 1. The highest BCUT2D eigenvalue weighted by Gasteiger charge is 2.18. The van der Waals surface area contributed by atoms with Crippen molar-refractivity contribution in [2.75, 3.05) is 6.54 Å². The van der Waals surface area contributed by atoms with Gasteiger partial charge >= 0.3 is 0 Å². The molecule has 1 rings (SSSR count). The van der Waals surface area contributed by atoms with Crippen molar-refractivity contribution in [3.8, 4) is 0 Å². The normalized spacial score (nSPS) is 25.3. The maximum Gasteiger partial charge on any atom is 0.0282 e. The van der Waals surface area contributed by atoms with Crippen LogP contribution >= 0.6 is 0 Å². The third-order valence-corrected chi connectivity index (χ3v) is 2.43. The lowest BCUT2D eigenvalue weighted by molar-refractivity contribution is 0.340. The van der Waals surface area contributed by atoms with Crippen molar-refractivity contribution in [1.82, 2.24) is 4.90 Å². The molecule has 1 fully saturated rings. The van der Waals surface area contributed by atoms with Gasteiger partial charge in [-0.25, -0.2) is 0 Å². The third kappa shape index (κ3) is 2.25. The first-order valence-electron chi connectivity index (χ1n) is 4.80. The minimum atomic E-state index is 0.831.